The van der Waals surface area contributed by atoms with Crippen LogP contribution in [-0.4, -0.2) is 18.5 Å². The van der Waals surface area contributed by atoms with Crippen LogP contribution in [0.4, 0.5) is 0 Å². The number of carbonyl (C=O) groups excluding carboxylic acids is 1. The van der Waals surface area contributed by atoms with E-state index >= 15 is 0 Å². The number of carbonyl (C=O) groups is 1. The van der Waals surface area contributed by atoms with Gasteiger partial charge < -0.3 is 10.6 Å². The highest BCUT2D eigenvalue weighted by Gasteiger charge is 2.21. The zero-order valence-electron chi connectivity index (χ0n) is 9.71. The normalized spacial score (nSPS) is 18.2. The average molecular weight is 310 g/mol. The molecule has 1 unspecified atom stereocenters. The minimum atomic E-state index is -0.0546. The van der Waals surface area contributed by atoms with Crippen LogP contribution in [0.1, 0.15) is 18.4 Å². The monoisotopic (exact) mass is 308 g/mol. The molecule has 1 saturated heterocycles. The summed E-state index contributed by atoms with van der Waals surface area (Å²) >= 11 is 11.8. The van der Waals surface area contributed by atoms with E-state index < -0.39 is 0 Å². The van der Waals surface area contributed by atoms with Gasteiger partial charge in [0.25, 0.3) is 0 Å². The molecule has 18 heavy (non-hydrogen) atoms. The van der Waals surface area contributed by atoms with Crippen molar-refractivity contribution in [3.05, 3.63) is 33.8 Å². The lowest BCUT2D eigenvalue weighted by Crippen LogP contribution is -2.40. The summed E-state index contributed by atoms with van der Waals surface area (Å²) in [7, 11) is 0. The van der Waals surface area contributed by atoms with Crippen molar-refractivity contribution in [1.29, 1.82) is 0 Å². The summed E-state index contributed by atoms with van der Waals surface area (Å²) in [4.78, 5) is 11.8. The first-order chi connectivity index (χ1) is 8.16. The van der Waals surface area contributed by atoms with Crippen molar-refractivity contribution in [2.75, 3.05) is 6.54 Å². The van der Waals surface area contributed by atoms with E-state index in [1.807, 2.05) is 6.07 Å². The van der Waals surface area contributed by atoms with Crippen LogP contribution < -0.4 is 10.6 Å². The fourth-order valence-electron chi connectivity index (χ4n) is 1.88. The third kappa shape index (κ3) is 4.02. The maximum Gasteiger partial charge on any atom is 0.237 e. The van der Waals surface area contributed by atoms with Gasteiger partial charge in [0.2, 0.25) is 5.91 Å². The van der Waals surface area contributed by atoms with Crippen molar-refractivity contribution in [3.8, 4) is 0 Å². The third-order valence-electron chi connectivity index (χ3n) is 2.84. The largest absolute Gasteiger partial charge is 0.351 e. The fraction of sp³-hybridized carbons (Fsp3) is 0.417. The second-order valence-corrected chi connectivity index (χ2v) is 4.95. The van der Waals surface area contributed by atoms with Gasteiger partial charge in [-0.1, -0.05) is 29.3 Å². The summed E-state index contributed by atoms with van der Waals surface area (Å²) < 4.78 is 0. The van der Waals surface area contributed by atoms with Crippen LogP contribution in [0.5, 0.6) is 0 Å². The fourth-order valence-corrected chi connectivity index (χ4v) is 2.35. The quantitative estimate of drug-likeness (QED) is 0.901. The molecule has 1 aliphatic rings. The summed E-state index contributed by atoms with van der Waals surface area (Å²) in [6.07, 6.45) is 1.96. The number of hydrogen-bond acceptors (Lipinski definition) is 2. The van der Waals surface area contributed by atoms with Gasteiger partial charge in [-0.05, 0) is 37.1 Å². The van der Waals surface area contributed by atoms with E-state index in [-0.39, 0.29) is 24.4 Å². The number of halogens is 3. The van der Waals surface area contributed by atoms with Crippen LogP contribution in [0.15, 0.2) is 18.2 Å². The van der Waals surface area contributed by atoms with Crippen LogP contribution in [-0.2, 0) is 11.3 Å². The van der Waals surface area contributed by atoms with Crippen molar-refractivity contribution in [2.45, 2.75) is 25.4 Å². The van der Waals surface area contributed by atoms with Gasteiger partial charge in [0.05, 0.1) is 6.04 Å². The highest BCUT2D eigenvalue weighted by Crippen LogP contribution is 2.20. The Bertz CT molecular complexity index is 420. The van der Waals surface area contributed by atoms with Crippen LogP contribution in [0.25, 0.3) is 0 Å². The standard InChI is InChI=1S/C12H14Cl2N2O.ClH/c13-9-4-3-8(10(14)6-9)7-16-12(17)11-2-1-5-15-11;/h3-4,6,11,15H,1-2,5,7H2,(H,16,17);1H. The molecule has 1 aromatic rings. The van der Waals surface area contributed by atoms with Gasteiger partial charge in [-0.2, -0.15) is 0 Å². The number of hydrogen-bond donors (Lipinski definition) is 2. The molecule has 1 amide bonds. The predicted octanol–water partition coefficient (Wildman–Crippen LogP) is 2.78. The Morgan fingerprint density at radius 2 is 2.22 bits per heavy atom. The van der Waals surface area contributed by atoms with Gasteiger partial charge in [-0.15, -0.1) is 12.4 Å². The molecule has 3 nitrogen and oxygen atoms in total. The molecule has 1 fully saturated rings. The van der Waals surface area contributed by atoms with E-state index in [1.165, 1.54) is 0 Å². The molecule has 2 N–H and O–H groups in total. The van der Waals surface area contributed by atoms with Crippen LogP contribution in [0.2, 0.25) is 10.0 Å². The molecule has 6 heteroatoms. The lowest BCUT2D eigenvalue weighted by Gasteiger charge is -2.11. The summed E-state index contributed by atoms with van der Waals surface area (Å²) in [6, 6.07) is 5.22. The highest BCUT2D eigenvalue weighted by atomic mass is 35.5. The van der Waals surface area contributed by atoms with Crippen molar-refractivity contribution < 1.29 is 4.79 Å². The Hall–Kier alpha value is -0.480. The van der Waals surface area contributed by atoms with Gasteiger partial charge in [0.15, 0.2) is 0 Å². The van der Waals surface area contributed by atoms with E-state index in [0.29, 0.717) is 16.6 Å². The Balaban J connectivity index is 0.00000162. The first-order valence-corrected chi connectivity index (χ1v) is 6.37. The lowest BCUT2D eigenvalue weighted by atomic mass is 10.2. The molecule has 0 bridgehead atoms. The second kappa shape index (κ2) is 7.19. The molecule has 0 aromatic heterocycles. The van der Waals surface area contributed by atoms with Gasteiger partial charge in [0, 0.05) is 16.6 Å². The topological polar surface area (TPSA) is 41.1 Å². The second-order valence-electron chi connectivity index (χ2n) is 4.10. The van der Waals surface area contributed by atoms with Crippen molar-refractivity contribution in [1.82, 2.24) is 10.6 Å². The lowest BCUT2D eigenvalue weighted by molar-refractivity contribution is -0.122. The smallest absolute Gasteiger partial charge is 0.237 e. The van der Waals surface area contributed by atoms with E-state index in [2.05, 4.69) is 10.6 Å². The zero-order valence-corrected chi connectivity index (χ0v) is 12.0. The predicted molar refractivity (Wildman–Crippen MR) is 76.6 cm³/mol. The van der Waals surface area contributed by atoms with E-state index in [9.17, 15) is 4.79 Å². The van der Waals surface area contributed by atoms with Gasteiger partial charge in [-0.25, -0.2) is 0 Å². The summed E-state index contributed by atoms with van der Waals surface area (Å²) in [6.45, 7) is 1.35. The molecule has 1 aromatic carbocycles. The zero-order chi connectivity index (χ0) is 12.3. The molecule has 1 heterocycles. The molecule has 0 saturated carbocycles. The van der Waals surface area contributed by atoms with Gasteiger partial charge in [-0.3, -0.25) is 4.79 Å². The molecule has 0 radical (unpaired) electrons. The van der Waals surface area contributed by atoms with Gasteiger partial charge >= 0.3 is 0 Å². The summed E-state index contributed by atoms with van der Waals surface area (Å²) in [5, 5.41) is 7.20. The number of nitrogens with one attached hydrogen (secondary N) is 2. The molecule has 1 aliphatic heterocycles. The van der Waals surface area contributed by atoms with Gasteiger partial charge in [0.1, 0.15) is 0 Å². The van der Waals surface area contributed by atoms with E-state index in [4.69, 9.17) is 23.2 Å². The molecule has 100 valence electrons. The summed E-state index contributed by atoms with van der Waals surface area (Å²) in [5.41, 5.74) is 0.877. The number of benzene rings is 1. The van der Waals surface area contributed by atoms with E-state index in [1.54, 1.807) is 12.1 Å². The van der Waals surface area contributed by atoms with Crippen LogP contribution >= 0.6 is 35.6 Å². The minimum Gasteiger partial charge on any atom is -0.351 e. The third-order valence-corrected chi connectivity index (χ3v) is 3.43. The summed E-state index contributed by atoms with van der Waals surface area (Å²) in [5.74, 6) is 0.0357. The number of amides is 1. The highest BCUT2D eigenvalue weighted by molar-refractivity contribution is 6.35. The molecule has 1 atom stereocenters. The minimum absolute atomic E-state index is 0. The Labute approximate surface area is 123 Å². The van der Waals surface area contributed by atoms with Crippen LogP contribution in [0.3, 0.4) is 0 Å². The van der Waals surface area contributed by atoms with Crippen LogP contribution in [0, 0.1) is 0 Å². The maximum atomic E-state index is 11.8. The van der Waals surface area contributed by atoms with Crippen molar-refractivity contribution in [2.24, 2.45) is 0 Å². The van der Waals surface area contributed by atoms with Crippen molar-refractivity contribution >= 4 is 41.5 Å². The molecule has 0 aliphatic carbocycles. The number of rotatable bonds is 3. The first-order valence-electron chi connectivity index (χ1n) is 5.62. The molecular weight excluding hydrogens is 295 g/mol. The Morgan fingerprint density at radius 1 is 1.44 bits per heavy atom. The van der Waals surface area contributed by atoms with Crippen molar-refractivity contribution in [3.63, 3.8) is 0 Å². The Morgan fingerprint density at radius 3 is 2.83 bits per heavy atom. The van der Waals surface area contributed by atoms with E-state index in [0.717, 1.165) is 24.9 Å². The molecule has 0 spiro atoms. The first kappa shape index (κ1) is 15.6. The maximum absolute atomic E-state index is 11.8. The molecule has 2 rings (SSSR count). The average Bonchev–Trinajstić information content (AvgIpc) is 2.81. The SMILES string of the molecule is Cl.O=C(NCc1ccc(Cl)cc1Cl)C1CCCN1. The molecular formula is C12H15Cl3N2O. The Kier molecular flexibility index (Phi) is 6.22.